The van der Waals surface area contributed by atoms with Gasteiger partial charge in [0.15, 0.2) is 0 Å². The molecule has 0 aromatic rings. The van der Waals surface area contributed by atoms with Crippen LogP contribution < -0.4 is 0 Å². The van der Waals surface area contributed by atoms with Crippen molar-refractivity contribution in [1.29, 1.82) is 0 Å². The van der Waals surface area contributed by atoms with Crippen molar-refractivity contribution in [2.24, 2.45) is 11.8 Å². The van der Waals surface area contributed by atoms with Crippen LogP contribution in [0.3, 0.4) is 0 Å². The van der Waals surface area contributed by atoms with E-state index in [0.29, 0.717) is 24.9 Å². The fraction of sp³-hybridized carbons (Fsp3) is 0.867. The molecule has 112 valence electrons. The van der Waals surface area contributed by atoms with Gasteiger partial charge in [0.2, 0.25) is 0 Å². The Bertz CT molecular complexity index is 271. The summed E-state index contributed by atoms with van der Waals surface area (Å²) in [5, 5.41) is 0. The number of hydrogen-bond donors (Lipinski definition) is 0. The molecule has 0 aliphatic heterocycles. The predicted octanol–water partition coefficient (Wildman–Crippen LogP) is 3.33. The largest absolute Gasteiger partial charge is 0.465 e. The standard InChI is InChI=1S/C15H28O4/c1-6-13(12(4)5)19-15(17)9-7-8-14(16)18-10-11(2)3/h11-13H,6-10H2,1-5H3. The normalized spacial score (nSPS) is 12.6. The maximum absolute atomic E-state index is 11.6. The third-order valence-corrected chi connectivity index (χ3v) is 2.77. The highest BCUT2D eigenvalue weighted by atomic mass is 16.5. The molecule has 4 heteroatoms. The van der Waals surface area contributed by atoms with Gasteiger partial charge in [0.1, 0.15) is 6.10 Å². The molecule has 0 saturated carbocycles. The molecule has 1 atom stereocenters. The average molecular weight is 272 g/mol. The van der Waals surface area contributed by atoms with E-state index < -0.39 is 0 Å². The number of carbonyl (C=O) groups excluding carboxylic acids is 2. The van der Waals surface area contributed by atoms with Gasteiger partial charge in [0.25, 0.3) is 0 Å². The monoisotopic (exact) mass is 272 g/mol. The summed E-state index contributed by atoms with van der Waals surface area (Å²) in [6.45, 7) is 10.5. The van der Waals surface area contributed by atoms with Gasteiger partial charge in [-0.2, -0.15) is 0 Å². The van der Waals surface area contributed by atoms with E-state index in [4.69, 9.17) is 9.47 Å². The van der Waals surface area contributed by atoms with Crippen molar-refractivity contribution >= 4 is 11.9 Å². The Hall–Kier alpha value is -1.06. The van der Waals surface area contributed by atoms with Crippen LogP contribution in [0.4, 0.5) is 0 Å². The molecule has 0 spiro atoms. The van der Waals surface area contributed by atoms with Gasteiger partial charge in [-0.05, 0) is 24.7 Å². The lowest BCUT2D eigenvalue weighted by atomic mass is 10.1. The molecule has 0 N–H and O–H groups in total. The third-order valence-electron chi connectivity index (χ3n) is 2.77. The Kier molecular flexibility index (Phi) is 9.27. The highest BCUT2D eigenvalue weighted by Gasteiger charge is 2.16. The smallest absolute Gasteiger partial charge is 0.306 e. The van der Waals surface area contributed by atoms with Crippen molar-refractivity contribution < 1.29 is 19.1 Å². The molecule has 0 heterocycles. The molecule has 0 rings (SSSR count). The van der Waals surface area contributed by atoms with Gasteiger partial charge in [-0.1, -0.05) is 34.6 Å². The highest BCUT2D eigenvalue weighted by molar-refractivity contribution is 5.72. The Labute approximate surface area is 116 Å². The Balaban J connectivity index is 3.76. The van der Waals surface area contributed by atoms with E-state index in [1.54, 1.807) is 0 Å². The Morgan fingerprint density at radius 1 is 1.00 bits per heavy atom. The first kappa shape index (κ1) is 17.9. The number of esters is 2. The van der Waals surface area contributed by atoms with Gasteiger partial charge in [-0.25, -0.2) is 0 Å². The van der Waals surface area contributed by atoms with Gasteiger partial charge in [0.05, 0.1) is 6.61 Å². The van der Waals surface area contributed by atoms with E-state index in [-0.39, 0.29) is 30.9 Å². The molecule has 0 aliphatic rings. The summed E-state index contributed by atoms with van der Waals surface area (Å²) in [5.74, 6) is 0.199. The van der Waals surface area contributed by atoms with Gasteiger partial charge in [0, 0.05) is 12.8 Å². The summed E-state index contributed by atoms with van der Waals surface area (Å²) in [6.07, 6.45) is 1.84. The second kappa shape index (κ2) is 9.82. The zero-order valence-corrected chi connectivity index (χ0v) is 12.9. The minimum Gasteiger partial charge on any atom is -0.465 e. The lowest BCUT2D eigenvalue weighted by molar-refractivity contribution is -0.152. The second-order valence-electron chi connectivity index (χ2n) is 5.61. The van der Waals surface area contributed by atoms with E-state index >= 15 is 0 Å². The average Bonchev–Trinajstić information content (AvgIpc) is 2.33. The van der Waals surface area contributed by atoms with E-state index in [2.05, 4.69) is 0 Å². The Morgan fingerprint density at radius 3 is 2.05 bits per heavy atom. The van der Waals surface area contributed by atoms with Crippen molar-refractivity contribution in [3.05, 3.63) is 0 Å². The fourth-order valence-electron chi connectivity index (χ4n) is 1.63. The van der Waals surface area contributed by atoms with Gasteiger partial charge in [-0.15, -0.1) is 0 Å². The van der Waals surface area contributed by atoms with Crippen molar-refractivity contribution in [3.63, 3.8) is 0 Å². The molecular weight excluding hydrogens is 244 g/mol. The summed E-state index contributed by atoms with van der Waals surface area (Å²) < 4.78 is 10.4. The molecule has 0 fully saturated rings. The van der Waals surface area contributed by atoms with E-state index in [9.17, 15) is 9.59 Å². The molecule has 4 nitrogen and oxygen atoms in total. The highest BCUT2D eigenvalue weighted by Crippen LogP contribution is 2.12. The van der Waals surface area contributed by atoms with Crippen LogP contribution in [0.15, 0.2) is 0 Å². The van der Waals surface area contributed by atoms with E-state index in [0.717, 1.165) is 6.42 Å². The first-order valence-corrected chi connectivity index (χ1v) is 7.21. The quantitative estimate of drug-likeness (QED) is 0.604. The second-order valence-corrected chi connectivity index (χ2v) is 5.61. The fourth-order valence-corrected chi connectivity index (χ4v) is 1.63. The van der Waals surface area contributed by atoms with Crippen LogP contribution in [0.5, 0.6) is 0 Å². The van der Waals surface area contributed by atoms with Crippen LogP contribution >= 0.6 is 0 Å². The summed E-state index contributed by atoms with van der Waals surface area (Å²) in [4.78, 5) is 22.9. The molecule has 0 aromatic carbocycles. The first-order chi connectivity index (χ1) is 8.86. The van der Waals surface area contributed by atoms with Gasteiger partial charge < -0.3 is 9.47 Å². The minimum absolute atomic E-state index is 0.0274. The number of carbonyl (C=O) groups is 2. The summed E-state index contributed by atoms with van der Waals surface area (Å²) in [6, 6.07) is 0. The topological polar surface area (TPSA) is 52.6 Å². The van der Waals surface area contributed by atoms with E-state index in [1.165, 1.54) is 0 Å². The molecule has 0 saturated heterocycles. The maximum Gasteiger partial charge on any atom is 0.306 e. The van der Waals surface area contributed by atoms with Gasteiger partial charge in [-0.3, -0.25) is 9.59 Å². The molecular formula is C15H28O4. The van der Waals surface area contributed by atoms with Crippen LogP contribution in [0.25, 0.3) is 0 Å². The van der Waals surface area contributed by atoms with Gasteiger partial charge >= 0.3 is 11.9 Å². The maximum atomic E-state index is 11.6. The molecule has 0 aromatic heterocycles. The number of ether oxygens (including phenoxy) is 2. The lowest BCUT2D eigenvalue weighted by Crippen LogP contribution is -2.22. The van der Waals surface area contributed by atoms with Crippen LogP contribution in [-0.4, -0.2) is 24.6 Å². The predicted molar refractivity (Wildman–Crippen MR) is 74.7 cm³/mol. The summed E-state index contributed by atoms with van der Waals surface area (Å²) in [5.41, 5.74) is 0. The van der Waals surface area contributed by atoms with E-state index in [1.807, 2.05) is 34.6 Å². The first-order valence-electron chi connectivity index (χ1n) is 7.21. The summed E-state index contributed by atoms with van der Waals surface area (Å²) in [7, 11) is 0. The van der Waals surface area contributed by atoms with Crippen molar-refractivity contribution in [1.82, 2.24) is 0 Å². The van der Waals surface area contributed by atoms with Crippen LogP contribution in [0.1, 0.15) is 60.3 Å². The van der Waals surface area contributed by atoms with Crippen LogP contribution in [0, 0.1) is 11.8 Å². The molecule has 0 radical (unpaired) electrons. The molecule has 0 bridgehead atoms. The van der Waals surface area contributed by atoms with Crippen molar-refractivity contribution in [3.8, 4) is 0 Å². The Morgan fingerprint density at radius 2 is 1.58 bits per heavy atom. The van der Waals surface area contributed by atoms with Crippen LogP contribution in [-0.2, 0) is 19.1 Å². The zero-order valence-electron chi connectivity index (χ0n) is 12.9. The van der Waals surface area contributed by atoms with Crippen molar-refractivity contribution in [2.75, 3.05) is 6.61 Å². The molecule has 0 amide bonds. The molecule has 0 aliphatic carbocycles. The van der Waals surface area contributed by atoms with Crippen molar-refractivity contribution in [2.45, 2.75) is 66.4 Å². The third kappa shape index (κ3) is 9.51. The lowest BCUT2D eigenvalue weighted by Gasteiger charge is -2.19. The molecule has 19 heavy (non-hydrogen) atoms. The molecule has 1 unspecified atom stereocenters. The SMILES string of the molecule is CCC(OC(=O)CCCC(=O)OCC(C)C)C(C)C. The zero-order chi connectivity index (χ0) is 14.8. The summed E-state index contributed by atoms with van der Waals surface area (Å²) >= 11 is 0. The number of rotatable bonds is 9. The van der Waals surface area contributed by atoms with Crippen LogP contribution in [0.2, 0.25) is 0 Å². The number of hydrogen-bond acceptors (Lipinski definition) is 4. The minimum atomic E-state index is -0.239.